The molecule has 0 unspecified atom stereocenters. The first-order chi connectivity index (χ1) is 41.8. The summed E-state index contributed by atoms with van der Waals surface area (Å²) < 4.78 is 77.0. The quantitative estimate of drug-likeness (QED) is 0.0726. The predicted molar refractivity (Wildman–Crippen MR) is 322 cm³/mol. The van der Waals surface area contributed by atoms with Crippen molar-refractivity contribution in [1.82, 2.24) is 29.5 Å². The van der Waals surface area contributed by atoms with Gasteiger partial charge in [0, 0.05) is 125 Å². The van der Waals surface area contributed by atoms with E-state index in [0.29, 0.717) is 99.7 Å². The molecule has 5 saturated heterocycles. The number of ether oxygens (including phenoxy) is 5. The molecule has 1 saturated carbocycles. The summed E-state index contributed by atoms with van der Waals surface area (Å²) in [6.07, 6.45) is 10.3. The fourth-order valence-electron chi connectivity index (χ4n) is 15.0. The molecule has 3 aromatic heterocycles. The number of aromatic nitrogens is 3. The third-order valence-corrected chi connectivity index (χ3v) is 21.1. The van der Waals surface area contributed by atoms with Crippen molar-refractivity contribution < 1.29 is 46.2 Å². The number of fused-ring (bicyclic) bond motifs is 4. The van der Waals surface area contributed by atoms with Crippen molar-refractivity contribution in [2.24, 2.45) is 11.3 Å². The molecule has 3 N–H and O–H groups in total. The second-order valence-electron chi connectivity index (χ2n) is 24.8. The largest absolute Gasteiger partial charge is 0.490 e. The molecule has 0 radical (unpaired) electrons. The molecule has 1 spiro atoms. The number of hydrogen-bond acceptors (Lipinski definition) is 18. The molecule has 454 valence electrons. The van der Waals surface area contributed by atoms with Crippen LogP contribution in [0.1, 0.15) is 97.4 Å². The van der Waals surface area contributed by atoms with E-state index in [1.54, 1.807) is 12.3 Å². The maximum Gasteiger partial charge on any atom is 0.293 e. The molecule has 6 aromatic rings. The van der Waals surface area contributed by atoms with Crippen molar-refractivity contribution in [1.29, 1.82) is 0 Å². The van der Waals surface area contributed by atoms with Gasteiger partial charge in [-0.15, -0.1) is 0 Å². The Hall–Kier alpha value is -7.15. The van der Waals surface area contributed by atoms with Gasteiger partial charge in [0.25, 0.3) is 21.6 Å². The third-order valence-electron chi connectivity index (χ3n) is 19.8. The Morgan fingerprint density at radius 3 is 2.50 bits per heavy atom. The molecule has 8 aliphatic rings. The van der Waals surface area contributed by atoms with E-state index in [9.17, 15) is 23.3 Å². The van der Waals surface area contributed by atoms with Crippen LogP contribution in [0.5, 0.6) is 11.6 Å². The number of carbonyl (C=O) groups excluding carboxylic acids is 1. The number of piperazine rings is 1. The predicted octanol–water partition coefficient (Wildman–Crippen LogP) is 8.82. The zero-order chi connectivity index (χ0) is 58.8. The summed E-state index contributed by atoms with van der Waals surface area (Å²) in [5.74, 6) is 0.00147. The number of amides is 1. The van der Waals surface area contributed by atoms with Gasteiger partial charge in [0.15, 0.2) is 11.6 Å². The molecule has 6 fully saturated rings. The topological polar surface area (TPSA) is 222 Å². The van der Waals surface area contributed by atoms with E-state index < -0.39 is 37.5 Å². The van der Waals surface area contributed by atoms with Crippen molar-refractivity contribution in [3.05, 3.63) is 123 Å². The number of anilines is 5. The fraction of sp³-hybridized carbons (Fsp3) is 0.508. The molecule has 21 nitrogen and oxygen atoms in total. The number of piperidine rings is 1. The van der Waals surface area contributed by atoms with Crippen LogP contribution in [0.2, 0.25) is 0 Å². The number of aromatic amines is 1. The summed E-state index contributed by atoms with van der Waals surface area (Å²) in [5, 5.41) is 16.4. The smallest absolute Gasteiger partial charge is 0.293 e. The molecular formula is C63H74FN11O10S. The lowest BCUT2D eigenvalue weighted by molar-refractivity contribution is -0.384. The van der Waals surface area contributed by atoms with Crippen LogP contribution in [0.25, 0.3) is 11.0 Å². The van der Waals surface area contributed by atoms with E-state index in [1.165, 1.54) is 23.3 Å². The number of aryl methyl sites for hydroxylation is 1. The lowest BCUT2D eigenvalue weighted by Gasteiger charge is -2.59. The minimum Gasteiger partial charge on any atom is -0.490 e. The highest BCUT2D eigenvalue weighted by atomic mass is 32.2. The highest BCUT2D eigenvalue weighted by molar-refractivity contribution is 7.90. The van der Waals surface area contributed by atoms with Crippen LogP contribution in [0.4, 0.5) is 38.6 Å². The monoisotopic (exact) mass is 1200 g/mol. The normalized spacial score (nSPS) is 24.7. The fourth-order valence-corrected chi connectivity index (χ4v) is 16.0. The number of nitro groups is 1. The first-order valence-electron chi connectivity index (χ1n) is 30.6. The van der Waals surface area contributed by atoms with Crippen molar-refractivity contribution in [2.75, 3.05) is 112 Å². The molecule has 1 amide bonds. The number of sulfonamides is 1. The number of pyridine rings is 2. The lowest BCUT2D eigenvalue weighted by atomic mass is 9.59. The highest BCUT2D eigenvalue weighted by Gasteiger charge is 2.51. The van der Waals surface area contributed by atoms with Crippen molar-refractivity contribution >= 4 is 61.2 Å². The number of morpholine rings is 1. The number of nitrogens with zero attached hydrogens (tertiary/aromatic N) is 8. The van der Waals surface area contributed by atoms with E-state index in [2.05, 4.69) is 65.8 Å². The van der Waals surface area contributed by atoms with Gasteiger partial charge in [0.05, 0.1) is 59.6 Å². The van der Waals surface area contributed by atoms with Gasteiger partial charge in [0.2, 0.25) is 11.7 Å². The Balaban J connectivity index is 0.711. The van der Waals surface area contributed by atoms with Gasteiger partial charge in [-0.25, -0.2) is 18.1 Å². The van der Waals surface area contributed by atoms with Gasteiger partial charge in [0.1, 0.15) is 23.1 Å². The van der Waals surface area contributed by atoms with E-state index in [1.807, 2.05) is 42.3 Å². The Morgan fingerprint density at radius 2 is 1.69 bits per heavy atom. The minimum atomic E-state index is -4.64. The number of carbonyl (C=O) groups is 1. The van der Waals surface area contributed by atoms with E-state index >= 15 is 4.39 Å². The number of rotatable bonds is 13. The molecule has 23 heteroatoms. The molecule has 3 aromatic carbocycles. The summed E-state index contributed by atoms with van der Waals surface area (Å²) in [6, 6.07) is 22.1. The number of H-pyrrole nitrogens is 1. The first-order valence-corrected chi connectivity index (χ1v) is 32.1. The van der Waals surface area contributed by atoms with Gasteiger partial charge in [-0.05, 0) is 124 Å². The summed E-state index contributed by atoms with van der Waals surface area (Å²) >= 11 is 0. The Kier molecular flexibility index (Phi) is 15.3. The van der Waals surface area contributed by atoms with Gasteiger partial charge < -0.3 is 48.7 Å². The highest BCUT2D eigenvalue weighted by Crippen LogP contribution is 2.55. The lowest BCUT2D eigenvalue weighted by Crippen LogP contribution is -2.60. The average molecular weight is 1200 g/mol. The third kappa shape index (κ3) is 10.6. The zero-order valence-corrected chi connectivity index (χ0v) is 49.4. The molecule has 14 rings (SSSR count). The second-order valence-corrected chi connectivity index (χ2v) is 26.5. The minimum absolute atomic E-state index is 0.00952. The van der Waals surface area contributed by atoms with Gasteiger partial charge in [-0.2, -0.15) is 9.37 Å². The molecule has 10 heterocycles. The van der Waals surface area contributed by atoms with Crippen molar-refractivity contribution in [3.8, 4) is 11.6 Å². The molecule has 86 heavy (non-hydrogen) atoms. The number of halogens is 1. The SMILES string of the molecule is Cc1ccccc1[C@@H]1CN([C@H]2CCOc3c2cnc(N2CCOC[C@@H]2C)c3F)CCN1C1CC2(CCN(c3ccc(C(=O)NS(=O)(=O)c4ccc(NCC5CCOCC5)c([N+](=O)[O-])c4)c(N4c5cc6cc[nH]c6nc5O[C@H]5COCC[C@@H]54)c3)CC2)C1. The van der Waals surface area contributed by atoms with Crippen LogP contribution < -0.4 is 34.2 Å². The number of hydrogen-bond donors (Lipinski definition) is 3. The Labute approximate surface area is 499 Å². The van der Waals surface area contributed by atoms with Crippen LogP contribution in [-0.2, 0) is 24.2 Å². The molecular weight excluding hydrogens is 1120 g/mol. The summed E-state index contributed by atoms with van der Waals surface area (Å²) in [4.78, 5) is 50.8. The van der Waals surface area contributed by atoms with Crippen molar-refractivity contribution in [2.45, 2.75) is 106 Å². The van der Waals surface area contributed by atoms with Gasteiger partial charge in [-0.3, -0.25) is 24.7 Å². The van der Waals surface area contributed by atoms with Gasteiger partial charge >= 0.3 is 0 Å². The Bertz CT molecular complexity index is 3660. The number of nitro benzene ring substituents is 1. The van der Waals surface area contributed by atoms with Crippen LogP contribution in [0.3, 0.4) is 0 Å². The molecule has 1 aliphatic carbocycles. The summed E-state index contributed by atoms with van der Waals surface area (Å²) in [7, 11) is -4.64. The standard InChI is InChI=1S/C63H74FN11O10S/c1-39-5-3-4-6-46(39)55-36-71(50-15-27-84-58-48(50)35-67-60(57(58)64)72-23-28-83-37-40(72)2)21-22-73(55)44-32-63(33-44)16-19-70(20-17-63)43-7-9-47(52(30-43)74-51-14-26-82-38-56(51)85-62-54(74)29-42-11-18-65-59(42)68-62)61(76)69-86(79,80)45-8-10-49(53(31-45)75(77)78)66-34-41-12-24-81-25-13-41/h3-11,18,29-31,35,40-41,44,50-51,55-56,66H,12-17,19-28,32-34,36-38H2,1-2H3,(H,65,68)(H,69,76)/t40-,50-,51-,55-,56-/m0/s1. The second kappa shape index (κ2) is 23.2. The summed E-state index contributed by atoms with van der Waals surface area (Å²) in [5.41, 5.74) is 6.08. The van der Waals surface area contributed by atoms with Gasteiger partial charge in [-0.1, -0.05) is 24.3 Å². The van der Waals surface area contributed by atoms with Crippen LogP contribution in [0.15, 0.2) is 90.1 Å². The van der Waals surface area contributed by atoms with E-state index in [4.69, 9.17) is 33.7 Å². The number of benzene rings is 3. The molecule has 5 atom stereocenters. The zero-order valence-electron chi connectivity index (χ0n) is 48.6. The van der Waals surface area contributed by atoms with Crippen LogP contribution in [0, 0.1) is 34.2 Å². The van der Waals surface area contributed by atoms with Crippen LogP contribution in [-0.4, -0.2) is 160 Å². The van der Waals surface area contributed by atoms with Crippen LogP contribution >= 0.6 is 0 Å². The maximum atomic E-state index is 16.5. The van der Waals surface area contributed by atoms with E-state index in [-0.39, 0.29) is 59.2 Å². The molecule has 0 bridgehead atoms. The Morgan fingerprint density at radius 1 is 0.872 bits per heavy atom. The molecule has 7 aliphatic heterocycles. The summed E-state index contributed by atoms with van der Waals surface area (Å²) in [6.45, 7) is 12.8. The maximum absolute atomic E-state index is 16.5. The number of nitrogens with one attached hydrogen (secondary N) is 3. The average Bonchev–Trinajstić information content (AvgIpc) is 1.34. The van der Waals surface area contributed by atoms with Crippen molar-refractivity contribution in [3.63, 3.8) is 0 Å². The van der Waals surface area contributed by atoms with E-state index in [0.717, 1.165) is 100 Å². The first kappa shape index (κ1) is 56.6.